The van der Waals surface area contributed by atoms with Crippen molar-refractivity contribution in [1.82, 2.24) is 24.1 Å². The van der Waals surface area contributed by atoms with E-state index in [-0.39, 0.29) is 41.7 Å². The highest BCUT2D eigenvalue weighted by Crippen LogP contribution is 2.25. The largest absolute Gasteiger partial charge is 0.384 e. The van der Waals surface area contributed by atoms with Crippen LogP contribution in [0.25, 0.3) is 28.1 Å². The van der Waals surface area contributed by atoms with Crippen molar-refractivity contribution in [2.24, 2.45) is 0 Å². The van der Waals surface area contributed by atoms with Crippen LogP contribution in [0.3, 0.4) is 0 Å². The van der Waals surface area contributed by atoms with Crippen molar-refractivity contribution in [2.45, 2.75) is 19.4 Å². The molecule has 0 radical (unpaired) electrons. The highest BCUT2D eigenvalue weighted by atomic mass is 19.1. The van der Waals surface area contributed by atoms with E-state index in [1.165, 1.54) is 24.1 Å². The molecule has 29 heavy (non-hydrogen) atoms. The molecule has 1 atom stereocenters. The van der Waals surface area contributed by atoms with Gasteiger partial charge in [0.2, 0.25) is 0 Å². The van der Waals surface area contributed by atoms with Gasteiger partial charge in [0, 0.05) is 26.7 Å². The monoisotopic (exact) mass is 401 g/mol. The summed E-state index contributed by atoms with van der Waals surface area (Å²) in [5.41, 5.74) is 0.745. The van der Waals surface area contributed by atoms with Gasteiger partial charge in [-0.05, 0) is 12.1 Å². The minimum atomic E-state index is -0.499. The number of aromatic nitrogens is 5. The molecule has 10 heteroatoms. The lowest BCUT2D eigenvalue weighted by molar-refractivity contribution is 0.180. The van der Waals surface area contributed by atoms with E-state index in [1.54, 1.807) is 23.6 Å². The van der Waals surface area contributed by atoms with E-state index in [4.69, 9.17) is 14.0 Å². The molecule has 0 saturated heterocycles. The van der Waals surface area contributed by atoms with Gasteiger partial charge < -0.3 is 18.6 Å². The zero-order valence-corrected chi connectivity index (χ0v) is 16.3. The molecule has 4 aromatic rings. The molecule has 0 amide bonds. The molecular weight excluding hydrogens is 381 g/mol. The van der Waals surface area contributed by atoms with Crippen LogP contribution in [0.1, 0.15) is 18.7 Å². The number of imidazole rings is 1. The molecule has 3 heterocycles. The fourth-order valence-corrected chi connectivity index (χ4v) is 3.34. The summed E-state index contributed by atoms with van der Waals surface area (Å²) < 4.78 is 33.0. The smallest absolute Gasteiger partial charge is 0.278 e. The summed E-state index contributed by atoms with van der Waals surface area (Å²) >= 11 is 0. The molecule has 0 bridgehead atoms. The summed E-state index contributed by atoms with van der Waals surface area (Å²) in [7, 11) is 3.11. The van der Waals surface area contributed by atoms with Gasteiger partial charge in [-0.15, -0.1) is 0 Å². The molecule has 0 aliphatic heterocycles. The Morgan fingerprint density at radius 1 is 1.24 bits per heavy atom. The molecule has 0 aliphatic carbocycles. The van der Waals surface area contributed by atoms with Crippen molar-refractivity contribution >= 4 is 16.6 Å². The Hall–Kier alpha value is -3.11. The molecule has 0 aliphatic rings. The number of hydrogen-bond acceptors (Lipinski definition) is 7. The van der Waals surface area contributed by atoms with E-state index in [9.17, 15) is 9.18 Å². The third-order valence-electron chi connectivity index (χ3n) is 4.73. The Bertz CT molecular complexity index is 1230. The first kappa shape index (κ1) is 19.2. The highest BCUT2D eigenvalue weighted by Gasteiger charge is 2.23. The molecule has 0 saturated carbocycles. The third-order valence-corrected chi connectivity index (χ3v) is 4.73. The number of benzene rings is 1. The van der Waals surface area contributed by atoms with Crippen LogP contribution < -0.4 is 5.56 Å². The number of para-hydroxylation sites is 1. The Morgan fingerprint density at radius 3 is 2.83 bits per heavy atom. The van der Waals surface area contributed by atoms with Gasteiger partial charge in [0.05, 0.1) is 18.7 Å². The number of methoxy groups -OCH3 is 2. The molecular formula is C19H20FN5O4. The second-order valence-electron chi connectivity index (χ2n) is 6.68. The number of nitrogens with zero attached hydrogens (tertiary/aromatic N) is 5. The van der Waals surface area contributed by atoms with Gasteiger partial charge in [-0.3, -0.25) is 9.20 Å². The predicted octanol–water partition coefficient (Wildman–Crippen LogP) is 2.23. The van der Waals surface area contributed by atoms with E-state index in [0.717, 1.165) is 0 Å². The topological polar surface area (TPSA) is 96.7 Å². The average Bonchev–Trinajstić information content (AvgIpc) is 3.36. The van der Waals surface area contributed by atoms with Gasteiger partial charge in [-0.25, -0.2) is 9.37 Å². The van der Waals surface area contributed by atoms with E-state index >= 15 is 0 Å². The van der Waals surface area contributed by atoms with Gasteiger partial charge in [-0.2, -0.15) is 4.98 Å². The van der Waals surface area contributed by atoms with Crippen LogP contribution in [0.5, 0.6) is 0 Å². The standard InChI is InChI=1S/C19H20FN5O4/c1-11(9-28-3)17-22-18(29-23-17)14-16-19(26)24(7-8-27-2)15-12(20)5-4-6-13(15)25(16)10-21-14/h4-6,10-11H,7-9H2,1-3H3. The highest BCUT2D eigenvalue weighted by molar-refractivity contribution is 5.83. The summed E-state index contributed by atoms with van der Waals surface area (Å²) in [5.74, 6) is -0.00729. The fraction of sp³-hybridized carbons (Fsp3) is 0.368. The number of halogens is 1. The summed E-state index contributed by atoms with van der Waals surface area (Å²) in [5, 5.41) is 3.97. The minimum absolute atomic E-state index is 0.0836. The first-order valence-corrected chi connectivity index (χ1v) is 9.06. The van der Waals surface area contributed by atoms with E-state index in [0.29, 0.717) is 17.9 Å². The van der Waals surface area contributed by atoms with Gasteiger partial charge in [0.25, 0.3) is 11.4 Å². The maximum absolute atomic E-state index is 14.6. The van der Waals surface area contributed by atoms with Crippen LogP contribution in [-0.4, -0.2) is 51.5 Å². The quantitative estimate of drug-likeness (QED) is 0.468. The number of rotatable bonds is 7. The van der Waals surface area contributed by atoms with Crippen LogP contribution in [0.4, 0.5) is 4.39 Å². The molecule has 0 N–H and O–H groups in total. The molecule has 1 aromatic carbocycles. The second-order valence-corrected chi connectivity index (χ2v) is 6.68. The number of fused-ring (bicyclic) bond motifs is 3. The Balaban J connectivity index is 1.96. The van der Waals surface area contributed by atoms with Crippen molar-refractivity contribution in [1.29, 1.82) is 0 Å². The first-order valence-electron chi connectivity index (χ1n) is 9.06. The maximum Gasteiger partial charge on any atom is 0.278 e. The Morgan fingerprint density at radius 2 is 2.07 bits per heavy atom. The SMILES string of the molecule is COCCn1c(=O)c2c(-c3nc(C(C)COC)no3)ncn2c2cccc(F)c21. The molecule has 0 fully saturated rings. The lowest BCUT2D eigenvalue weighted by Crippen LogP contribution is -2.25. The van der Waals surface area contributed by atoms with Gasteiger partial charge >= 0.3 is 0 Å². The molecule has 9 nitrogen and oxygen atoms in total. The molecule has 0 spiro atoms. The van der Waals surface area contributed by atoms with Crippen molar-refractivity contribution in [3.8, 4) is 11.6 Å². The summed E-state index contributed by atoms with van der Waals surface area (Å²) in [6.07, 6.45) is 1.46. The van der Waals surface area contributed by atoms with Crippen LogP contribution in [-0.2, 0) is 16.0 Å². The third kappa shape index (κ3) is 3.19. The summed E-state index contributed by atoms with van der Waals surface area (Å²) in [6, 6.07) is 4.62. The lowest BCUT2D eigenvalue weighted by Gasteiger charge is -2.12. The fourth-order valence-electron chi connectivity index (χ4n) is 3.34. The van der Waals surface area contributed by atoms with E-state index in [2.05, 4.69) is 15.1 Å². The van der Waals surface area contributed by atoms with Crippen LogP contribution in [0.15, 0.2) is 33.8 Å². The van der Waals surface area contributed by atoms with Gasteiger partial charge in [-0.1, -0.05) is 18.1 Å². The molecule has 3 aromatic heterocycles. The number of ether oxygens (including phenoxy) is 2. The van der Waals surface area contributed by atoms with Crippen molar-refractivity contribution < 1.29 is 18.4 Å². The summed E-state index contributed by atoms with van der Waals surface area (Å²) in [4.78, 5) is 22.0. The van der Waals surface area contributed by atoms with Crippen LogP contribution >= 0.6 is 0 Å². The predicted molar refractivity (Wildman–Crippen MR) is 102 cm³/mol. The van der Waals surface area contributed by atoms with Crippen molar-refractivity contribution in [2.75, 3.05) is 27.4 Å². The Kier molecular flexibility index (Phi) is 5.12. The first-order chi connectivity index (χ1) is 14.1. The van der Waals surface area contributed by atoms with Gasteiger partial charge in [0.15, 0.2) is 11.5 Å². The molecule has 4 rings (SSSR count). The zero-order chi connectivity index (χ0) is 20.5. The van der Waals surface area contributed by atoms with E-state index < -0.39 is 11.4 Å². The minimum Gasteiger partial charge on any atom is -0.384 e. The van der Waals surface area contributed by atoms with E-state index in [1.807, 2.05) is 6.92 Å². The summed E-state index contributed by atoms with van der Waals surface area (Å²) in [6.45, 7) is 2.77. The van der Waals surface area contributed by atoms with Gasteiger partial charge in [0.1, 0.15) is 23.2 Å². The zero-order valence-electron chi connectivity index (χ0n) is 16.3. The van der Waals surface area contributed by atoms with Crippen molar-refractivity contribution in [3.05, 3.63) is 46.5 Å². The number of hydrogen-bond donors (Lipinski definition) is 0. The average molecular weight is 401 g/mol. The molecule has 1 unspecified atom stereocenters. The van der Waals surface area contributed by atoms with Crippen LogP contribution in [0, 0.1) is 5.82 Å². The molecule has 152 valence electrons. The normalized spacial score (nSPS) is 12.8. The van der Waals surface area contributed by atoms with Crippen LogP contribution in [0.2, 0.25) is 0 Å². The lowest BCUT2D eigenvalue weighted by atomic mass is 10.2. The Labute approximate surface area is 164 Å². The van der Waals surface area contributed by atoms with Crippen molar-refractivity contribution in [3.63, 3.8) is 0 Å². The second kappa shape index (κ2) is 7.72. The maximum atomic E-state index is 14.6.